The SMILES string of the molecule is COCC(CNC1CC(c2ccccc2Br)C1)OC. The highest BCUT2D eigenvalue weighted by Crippen LogP contribution is 2.39. The van der Waals surface area contributed by atoms with Gasteiger partial charge in [-0.15, -0.1) is 0 Å². The Morgan fingerprint density at radius 2 is 2.05 bits per heavy atom. The van der Waals surface area contributed by atoms with Crippen molar-refractivity contribution in [1.29, 1.82) is 0 Å². The summed E-state index contributed by atoms with van der Waals surface area (Å²) in [4.78, 5) is 0. The van der Waals surface area contributed by atoms with Crippen LogP contribution in [0.3, 0.4) is 0 Å². The van der Waals surface area contributed by atoms with Crippen LogP contribution in [0.5, 0.6) is 0 Å². The number of hydrogen-bond donors (Lipinski definition) is 1. The van der Waals surface area contributed by atoms with Crippen molar-refractivity contribution < 1.29 is 9.47 Å². The molecule has 3 nitrogen and oxygen atoms in total. The van der Waals surface area contributed by atoms with E-state index in [0.29, 0.717) is 18.6 Å². The van der Waals surface area contributed by atoms with Gasteiger partial charge in [-0.3, -0.25) is 0 Å². The minimum atomic E-state index is 0.146. The Labute approximate surface area is 123 Å². The molecule has 0 heterocycles. The highest BCUT2D eigenvalue weighted by atomic mass is 79.9. The largest absolute Gasteiger partial charge is 0.382 e. The van der Waals surface area contributed by atoms with Gasteiger partial charge in [0.2, 0.25) is 0 Å². The zero-order valence-corrected chi connectivity index (χ0v) is 13.2. The number of methoxy groups -OCH3 is 2. The van der Waals surface area contributed by atoms with Crippen LogP contribution < -0.4 is 5.32 Å². The second-order valence-electron chi connectivity index (χ2n) is 5.11. The van der Waals surface area contributed by atoms with Crippen molar-refractivity contribution in [1.82, 2.24) is 5.32 Å². The van der Waals surface area contributed by atoms with E-state index >= 15 is 0 Å². The third-order valence-electron chi connectivity index (χ3n) is 3.80. The molecule has 0 aromatic heterocycles. The zero-order chi connectivity index (χ0) is 13.7. The number of ether oxygens (including phenoxy) is 2. The first kappa shape index (κ1) is 15.0. The summed E-state index contributed by atoms with van der Waals surface area (Å²) in [6.45, 7) is 1.50. The van der Waals surface area contributed by atoms with Gasteiger partial charge in [-0.05, 0) is 30.4 Å². The Morgan fingerprint density at radius 1 is 1.32 bits per heavy atom. The minimum Gasteiger partial charge on any atom is -0.382 e. The quantitative estimate of drug-likeness (QED) is 0.835. The number of hydrogen-bond acceptors (Lipinski definition) is 3. The first-order chi connectivity index (χ1) is 9.24. The molecule has 0 aliphatic heterocycles. The molecule has 0 spiro atoms. The third kappa shape index (κ3) is 4.02. The van der Waals surface area contributed by atoms with E-state index in [9.17, 15) is 0 Å². The topological polar surface area (TPSA) is 30.5 Å². The summed E-state index contributed by atoms with van der Waals surface area (Å²) in [5.74, 6) is 0.677. The lowest BCUT2D eigenvalue weighted by molar-refractivity contribution is 0.0251. The van der Waals surface area contributed by atoms with E-state index in [1.807, 2.05) is 0 Å². The van der Waals surface area contributed by atoms with Crippen LogP contribution >= 0.6 is 15.9 Å². The number of rotatable bonds is 7. The molecular weight excluding hydrogens is 306 g/mol. The summed E-state index contributed by atoms with van der Waals surface area (Å²) in [6, 6.07) is 9.12. The van der Waals surface area contributed by atoms with Crippen molar-refractivity contribution in [3.63, 3.8) is 0 Å². The van der Waals surface area contributed by atoms with Crippen molar-refractivity contribution >= 4 is 15.9 Å². The highest BCUT2D eigenvalue weighted by molar-refractivity contribution is 9.10. The summed E-state index contributed by atoms with van der Waals surface area (Å²) < 4.78 is 11.7. The monoisotopic (exact) mass is 327 g/mol. The van der Waals surface area contributed by atoms with E-state index in [2.05, 4.69) is 45.5 Å². The van der Waals surface area contributed by atoms with Crippen molar-refractivity contribution in [2.75, 3.05) is 27.4 Å². The molecule has 1 aromatic rings. The van der Waals surface area contributed by atoms with Crippen molar-refractivity contribution in [3.05, 3.63) is 34.3 Å². The lowest BCUT2D eigenvalue weighted by Gasteiger charge is -2.37. The van der Waals surface area contributed by atoms with E-state index < -0.39 is 0 Å². The summed E-state index contributed by atoms with van der Waals surface area (Å²) in [7, 11) is 3.44. The Bertz CT molecular complexity index is 393. The smallest absolute Gasteiger partial charge is 0.0928 e. The first-order valence-electron chi connectivity index (χ1n) is 6.74. The van der Waals surface area contributed by atoms with Gasteiger partial charge in [0.15, 0.2) is 0 Å². The molecule has 106 valence electrons. The van der Waals surface area contributed by atoms with Crippen LogP contribution in [0.25, 0.3) is 0 Å². The molecule has 0 radical (unpaired) electrons. The van der Waals surface area contributed by atoms with Crippen LogP contribution in [0, 0.1) is 0 Å². The van der Waals surface area contributed by atoms with Crippen LogP contribution in [-0.2, 0) is 9.47 Å². The molecule has 19 heavy (non-hydrogen) atoms. The fourth-order valence-corrected chi connectivity index (χ4v) is 3.15. The van der Waals surface area contributed by atoms with Crippen LogP contribution in [0.4, 0.5) is 0 Å². The number of halogens is 1. The fraction of sp³-hybridized carbons (Fsp3) is 0.600. The molecule has 1 saturated carbocycles. The molecule has 1 unspecified atom stereocenters. The van der Waals surface area contributed by atoms with Gasteiger partial charge in [0, 0.05) is 31.3 Å². The average molecular weight is 328 g/mol. The van der Waals surface area contributed by atoms with Gasteiger partial charge < -0.3 is 14.8 Å². The van der Waals surface area contributed by atoms with Crippen LogP contribution in [0.15, 0.2) is 28.7 Å². The lowest BCUT2D eigenvalue weighted by Crippen LogP contribution is -2.44. The second kappa shape index (κ2) is 7.39. The van der Waals surface area contributed by atoms with E-state index in [4.69, 9.17) is 9.47 Å². The molecule has 1 aliphatic carbocycles. The molecule has 4 heteroatoms. The van der Waals surface area contributed by atoms with Crippen molar-refractivity contribution in [2.45, 2.75) is 30.9 Å². The molecular formula is C15H22BrNO2. The minimum absolute atomic E-state index is 0.146. The normalized spacial score (nSPS) is 23.9. The van der Waals surface area contributed by atoms with E-state index in [-0.39, 0.29) is 6.10 Å². The molecule has 2 rings (SSSR count). The Hall–Kier alpha value is -0.420. The number of benzene rings is 1. The molecule has 1 aromatic carbocycles. The standard InChI is InChI=1S/C15H22BrNO2/c1-18-10-13(19-2)9-17-12-7-11(8-12)14-5-3-4-6-15(14)16/h3-6,11-13,17H,7-10H2,1-2H3. The van der Waals surface area contributed by atoms with E-state index in [1.54, 1.807) is 14.2 Å². The predicted molar refractivity (Wildman–Crippen MR) is 80.6 cm³/mol. The molecule has 1 atom stereocenters. The molecule has 0 saturated heterocycles. The van der Waals surface area contributed by atoms with Crippen molar-refractivity contribution in [3.8, 4) is 0 Å². The maximum Gasteiger partial charge on any atom is 0.0928 e. The molecule has 1 aliphatic rings. The molecule has 1 fully saturated rings. The zero-order valence-electron chi connectivity index (χ0n) is 11.6. The third-order valence-corrected chi connectivity index (χ3v) is 4.53. The van der Waals surface area contributed by atoms with Gasteiger partial charge >= 0.3 is 0 Å². The van der Waals surface area contributed by atoms with Crippen LogP contribution in [0.2, 0.25) is 0 Å². The average Bonchev–Trinajstić information content (AvgIpc) is 2.37. The van der Waals surface area contributed by atoms with Gasteiger partial charge in [0.1, 0.15) is 0 Å². The second-order valence-corrected chi connectivity index (χ2v) is 5.96. The molecule has 0 bridgehead atoms. The van der Waals surface area contributed by atoms with Gasteiger partial charge in [-0.2, -0.15) is 0 Å². The summed E-state index contributed by atoms with van der Waals surface area (Å²) in [6.07, 6.45) is 2.55. The Morgan fingerprint density at radius 3 is 2.68 bits per heavy atom. The van der Waals surface area contributed by atoms with E-state index in [1.165, 1.54) is 22.9 Å². The predicted octanol–water partition coefficient (Wildman–Crippen LogP) is 2.95. The maximum atomic E-state index is 5.35. The molecule has 0 amide bonds. The first-order valence-corrected chi connectivity index (χ1v) is 7.53. The molecule has 1 N–H and O–H groups in total. The van der Waals surface area contributed by atoms with Gasteiger partial charge in [0.05, 0.1) is 12.7 Å². The highest BCUT2D eigenvalue weighted by Gasteiger charge is 2.31. The van der Waals surface area contributed by atoms with Gasteiger partial charge in [0.25, 0.3) is 0 Å². The van der Waals surface area contributed by atoms with Gasteiger partial charge in [-0.25, -0.2) is 0 Å². The Balaban J connectivity index is 1.73. The summed E-state index contributed by atoms with van der Waals surface area (Å²) in [5.41, 5.74) is 1.43. The van der Waals surface area contributed by atoms with Crippen molar-refractivity contribution in [2.24, 2.45) is 0 Å². The van der Waals surface area contributed by atoms with Crippen LogP contribution in [-0.4, -0.2) is 39.5 Å². The van der Waals surface area contributed by atoms with Gasteiger partial charge in [-0.1, -0.05) is 34.1 Å². The maximum absolute atomic E-state index is 5.35. The fourth-order valence-electron chi connectivity index (χ4n) is 2.54. The summed E-state index contributed by atoms with van der Waals surface area (Å²) in [5, 5.41) is 3.55. The Kier molecular flexibility index (Phi) is 5.82. The summed E-state index contributed by atoms with van der Waals surface area (Å²) >= 11 is 3.63. The lowest BCUT2D eigenvalue weighted by atomic mass is 9.76. The van der Waals surface area contributed by atoms with Crippen LogP contribution in [0.1, 0.15) is 24.3 Å². The number of nitrogens with one attached hydrogen (secondary N) is 1. The van der Waals surface area contributed by atoms with E-state index in [0.717, 1.165) is 6.54 Å².